The second-order valence-electron chi connectivity index (χ2n) is 5.60. The summed E-state index contributed by atoms with van der Waals surface area (Å²) in [5.41, 5.74) is 0.234. The van der Waals surface area contributed by atoms with Gasteiger partial charge in [0.25, 0.3) is 0 Å². The first-order chi connectivity index (χ1) is 10.0. The lowest BCUT2D eigenvalue weighted by Crippen LogP contribution is -2.48. The van der Waals surface area contributed by atoms with Crippen LogP contribution in [0.4, 0.5) is 4.39 Å². The van der Waals surface area contributed by atoms with Crippen LogP contribution in [0, 0.1) is 17.1 Å². The molecule has 0 spiro atoms. The van der Waals surface area contributed by atoms with Gasteiger partial charge in [0.1, 0.15) is 11.4 Å². The summed E-state index contributed by atoms with van der Waals surface area (Å²) < 4.78 is 12.9. The molecular weight excluding hydrogens is 269 g/mol. The number of hydrogen-bond donors (Lipinski definition) is 2. The van der Waals surface area contributed by atoms with E-state index in [-0.39, 0.29) is 24.3 Å². The summed E-state index contributed by atoms with van der Waals surface area (Å²) in [5, 5.41) is 15.2. The molecule has 0 aliphatic heterocycles. The molecule has 5 heteroatoms. The molecule has 1 amide bonds. The van der Waals surface area contributed by atoms with Crippen LogP contribution in [-0.4, -0.2) is 18.0 Å². The molecule has 1 aliphatic carbocycles. The molecule has 1 saturated carbocycles. The van der Waals surface area contributed by atoms with Gasteiger partial charge in [-0.15, -0.1) is 0 Å². The first kappa shape index (κ1) is 15.5. The topological polar surface area (TPSA) is 64.9 Å². The molecule has 4 nitrogen and oxygen atoms in total. The van der Waals surface area contributed by atoms with Crippen molar-refractivity contribution in [1.82, 2.24) is 10.6 Å². The third-order valence-corrected chi connectivity index (χ3v) is 3.99. The van der Waals surface area contributed by atoms with E-state index in [1.54, 1.807) is 12.1 Å². The van der Waals surface area contributed by atoms with Crippen LogP contribution in [-0.2, 0) is 4.79 Å². The van der Waals surface area contributed by atoms with Gasteiger partial charge in [-0.2, -0.15) is 5.26 Å². The van der Waals surface area contributed by atoms with Crippen molar-refractivity contribution < 1.29 is 9.18 Å². The van der Waals surface area contributed by atoms with Crippen LogP contribution >= 0.6 is 0 Å². The Balaban J connectivity index is 1.83. The van der Waals surface area contributed by atoms with Gasteiger partial charge in [-0.25, -0.2) is 4.39 Å². The van der Waals surface area contributed by atoms with Gasteiger partial charge in [0.05, 0.1) is 12.6 Å². The van der Waals surface area contributed by atoms with E-state index in [1.165, 1.54) is 12.1 Å². The van der Waals surface area contributed by atoms with Crippen LogP contribution in [0.3, 0.4) is 0 Å². The fourth-order valence-corrected chi connectivity index (χ4v) is 2.67. The molecule has 112 valence electrons. The Labute approximate surface area is 124 Å². The summed E-state index contributed by atoms with van der Waals surface area (Å²) in [4.78, 5) is 12.0. The summed E-state index contributed by atoms with van der Waals surface area (Å²) in [6, 6.07) is 8.36. The number of halogens is 1. The highest BCUT2D eigenvalue weighted by atomic mass is 19.1. The van der Waals surface area contributed by atoms with E-state index in [2.05, 4.69) is 16.7 Å². The monoisotopic (exact) mass is 289 g/mol. The molecule has 1 unspecified atom stereocenters. The SMILES string of the molecule is CC(NCC(=O)NC1(C#N)CCCC1)c1ccc(F)cc1. The first-order valence-corrected chi connectivity index (χ1v) is 7.26. The number of amides is 1. The van der Waals surface area contributed by atoms with Crippen molar-refractivity contribution in [3.63, 3.8) is 0 Å². The maximum atomic E-state index is 12.9. The number of nitrogens with one attached hydrogen (secondary N) is 2. The second kappa shape index (κ2) is 6.68. The maximum absolute atomic E-state index is 12.9. The van der Waals surface area contributed by atoms with Crippen LogP contribution in [0.2, 0.25) is 0 Å². The van der Waals surface area contributed by atoms with E-state index >= 15 is 0 Å². The van der Waals surface area contributed by atoms with Crippen LogP contribution in [0.5, 0.6) is 0 Å². The van der Waals surface area contributed by atoms with E-state index in [9.17, 15) is 14.4 Å². The van der Waals surface area contributed by atoms with Gasteiger partial charge in [0.2, 0.25) is 5.91 Å². The lowest BCUT2D eigenvalue weighted by atomic mass is 10.00. The molecule has 1 aromatic rings. The zero-order valence-electron chi connectivity index (χ0n) is 12.2. The Morgan fingerprint density at radius 2 is 2.00 bits per heavy atom. The Hall–Kier alpha value is -1.93. The zero-order chi connectivity index (χ0) is 15.3. The molecular formula is C16H20FN3O. The van der Waals surface area contributed by atoms with Gasteiger partial charge in [0, 0.05) is 6.04 Å². The summed E-state index contributed by atoms with van der Waals surface area (Å²) >= 11 is 0. The Bertz CT molecular complexity index is 529. The van der Waals surface area contributed by atoms with E-state index in [0.717, 1.165) is 31.2 Å². The number of rotatable bonds is 5. The van der Waals surface area contributed by atoms with Crippen LogP contribution < -0.4 is 10.6 Å². The smallest absolute Gasteiger partial charge is 0.235 e. The van der Waals surface area contributed by atoms with E-state index in [0.29, 0.717) is 0 Å². The number of hydrogen-bond acceptors (Lipinski definition) is 3. The molecule has 0 radical (unpaired) electrons. The van der Waals surface area contributed by atoms with Crippen molar-refractivity contribution >= 4 is 5.91 Å². The van der Waals surface area contributed by atoms with Crippen molar-refractivity contribution in [2.45, 2.75) is 44.2 Å². The highest BCUT2D eigenvalue weighted by Crippen LogP contribution is 2.28. The molecule has 1 aromatic carbocycles. The largest absolute Gasteiger partial charge is 0.337 e. The van der Waals surface area contributed by atoms with Gasteiger partial charge in [-0.05, 0) is 50.3 Å². The van der Waals surface area contributed by atoms with Crippen LogP contribution in [0.15, 0.2) is 24.3 Å². The third kappa shape index (κ3) is 4.02. The fourth-order valence-electron chi connectivity index (χ4n) is 2.67. The minimum atomic E-state index is -0.683. The lowest BCUT2D eigenvalue weighted by Gasteiger charge is -2.23. The van der Waals surface area contributed by atoms with Gasteiger partial charge in [-0.1, -0.05) is 12.1 Å². The average Bonchev–Trinajstić information content (AvgIpc) is 2.94. The molecule has 0 saturated heterocycles. The predicted molar refractivity (Wildman–Crippen MR) is 77.8 cm³/mol. The summed E-state index contributed by atoms with van der Waals surface area (Å²) in [7, 11) is 0. The molecule has 2 N–H and O–H groups in total. The number of nitriles is 1. The number of carbonyl (C=O) groups excluding carboxylic acids is 1. The fraction of sp³-hybridized carbons (Fsp3) is 0.500. The van der Waals surface area contributed by atoms with Gasteiger partial charge < -0.3 is 10.6 Å². The van der Waals surface area contributed by atoms with E-state index in [4.69, 9.17) is 0 Å². The Morgan fingerprint density at radius 3 is 2.57 bits per heavy atom. The molecule has 1 aliphatic rings. The molecule has 21 heavy (non-hydrogen) atoms. The quantitative estimate of drug-likeness (QED) is 0.875. The second-order valence-corrected chi connectivity index (χ2v) is 5.60. The number of carbonyl (C=O) groups is 1. The summed E-state index contributed by atoms with van der Waals surface area (Å²) in [5.74, 6) is -0.451. The van der Waals surface area contributed by atoms with Crippen molar-refractivity contribution in [3.8, 4) is 6.07 Å². The molecule has 1 fully saturated rings. The molecule has 0 bridgehead atoms. The standard InChI is InChI=1S/C16H20FN3O/c1-12(13-4-6-14(17)7-5-13)19-10-15(21)20-16(11-18)8-2-3-9-16/h4-7,12,19H,2-3,8-10H2,1H3,(H,20,21). The minimum absolute atomic E-state index is 0.0574. The minimum Gasteiger partial charge on any atom is -0.337 e. The predicted octanol–water partition coefficient (Wildman–Crippen LogP) is 2.43. The van der Waals surface area contributed by atoms with Crippen molar-refractivity contribution in [2.24, 2.45) is 0 Å². The maximum Gasteiger partial charge on any atom is 0.235 e. The lowest BCUT2D eigenvalue weighted by molar-refractivity contribution is -0.121. The van der Waals surface area contributed by atoms with Crippen molar-refractivity contribution in [3.05, 3.63) is 35.6 Å². The average molecular weight is 289 g/mol. The van der Waals surface area contributed by atoms with Crippen molar-refractivity contribution in [1.29, 1.82) is 5.26 Å². The van der Waals surface area contributed by atoms with Gasteiger partial charge >= 0.3 is 0 Å². The summed E-state index contributed by atoms with van der Waals surface area (Å²) in [6.07, 6.45) is 3.41. The number of benzene rings is 1. The molecule has 0 aromatic heterocycles. The van der Waals surface area contributed by atoms with E-state index < -0.39 is 5.54 Å². The Morgan fingerprint density at radius 1 is 1.38 bits per heavy atom. The Kier molecular flexibility index (Phi) is 4.92. The normalized spacial score (nSPS) is 18.0. The van der Waals surface area contributed by atoms with Gasteiger partial charge in [0.15, 0.2) is 0 Å². The van der Waals surface area contributed by atoms with Crippen molar-refractivity contribution in [2.75, 3.05) is 6.54 Å². The highest BCUT2D eigenvalue weighted by Gasteiger charge is 2.35. The summed E-state index contributed by atoms with van der Waals surface area (Å²) in [6.45, 7) is 2.05. The zero-order valence-corrected chi connectivity index (χ0v) is 12.2. The first-order valence-electron chi connectivity index (χ1n) is 7.26. The van der Waals surface area contributed by atoms with Gasteiger partial charge in [-0.3, -0.25) is 4.79 Å². The van der Waals surface area contributed by atoms with Crippen LogP contribution in [0.1, 0.15) is 44.2 Å². The number of nitrogens with zero attached hydrogens (tertiary/aromatic N) is 1. The molecule has 1 atom stereocenters. The third-order valence-electron chi connectivity index (χ3n) is 3.99. The van der Waals surface area contributed by atoms with Crippen LogP contribution in [0.25, 0.3) is 0 Å². The van der Waals surface area contributed by atoms with E-state index in [1.807, 2.05) is 6.92 Å². The molecule has 0 heterocycles. The highest BCUT2D eigenvalue weighted by molar-refractivity contribution is 5.79. The molecule has 2 rings (SSSR count).